The van der Waals surface area contributed by atoms with Gasteiger partial charge < -0.3 is 25.5 Å². The average molecular weight is 532 g/mol. The number of amides is 1. The molecule has 36 heavy (non-hydrogen) atoms. The number of nitrogens with zero attached hydrogens (tertiary/aromatic N) is 1. The highest BCUT2D eigenvalue weighted by Gasteiger charge is 2.44. The van der Waals surface area contributed by atoms with Crippen molar-refractivity contribution in [3.8, 4) is 0 Å². The van der Waals surface area contributed by atoms with E-state index in [4.69, 9.17) is 27.2 Å². The molecule has 14 heteroatoms. The fourth-order valence-electron chi connectivity index (χ4n) is 3.59. The number of methoxy groups -OCH3 is 1. The van der Waals surface area contributed by atoms with Crippen LogP contribution in [0.25, 0.3) is 17.0 Å². The summed E-state index contributed by atoms with van der Waals surface area (Å²) >= 11 is 6.14. The van der Waals surface area contributed by atoms with E-state index in [-0.39, 0.29) is 38.6 Å². The van der Waals surface area contributed by atoms with E-state index in [2.05, 4.69) is 20.4 Å². The van der Waals surface area contributed by atoms with Crippen molar-refractivity contribution in [1.29, 1.82) is 5.41 Å². The predicted molar refractivity (Wildman–Crippen MR) is 133 cm³/mol. The number of halogens is 1. The van der Waals surface area contributed by atoms with Gasteiger partial charge in [-0.3, -0.25) is 10.2 Å². The molecule has 0 bridgehead atoms. The molecular formula is C22H18ClN5O7S. The van der Waals surface area contributed by atoms with Crippen molar-refractivity contribution in [2.45, 2.75) is 4.87 Å². The van der Waals surface area contributed by atoms with Gasteiger partial charge in [0, 0.05) is 11.6 Å². The molecule has 0 aliphatic carbocycles. The van der Waals surface area contributed by atoms with E-state index in [9.17, 15) is 22.8 Å². The first-order chi connectivity index (χ1) is 16.9. The largest absolute Gasteiger partial charge is 0.465 e. The topological polar surface area (TPSA) is 195 Å². The van der Waals surface area contributed by atoms with Crippen LogP contribution in [-0.4, -0.2) is 49.4 Å². The quantitative estimate of drug-likeness (QED) is 0.215. The van der Waals surface area contributed by atoms with E-state index < -0.39 is 43.6 Å². The third kappa shape index (κ3) is 4.07. The number of ether oxygens (including phenoxy) is 1. The first-order valence-corrected chi connectivity index (χ1v) is 12.3. The van der Waals surface area contributed by atoms with Gasteiger partial charge in [0.1, 0.15) is 12.1 Å². The van der Waals surface area contributed by atoms with E-state index >= 15 is 0 Å². The molecule has 3 heterocycles. The summed E-state index contributed by atoms with van der Waals surface area (Å²) in [7, 11) is -2.72. The summed E-state index contributed by atoms with van der Waals surface area (Å²) in [5.74, 6) is -2.22. The van der Waals surface area contributed by atoms with Gasteiger partial charge in [0.2, 0.25) is 4.87 Å². The first-order valence-electron chi connectivity index (χ1n) is 10.0. The Labute approximate surface area is 208 Å². The second kappa shape index (κ2) is 8.77. The van der Waals surface area contributed by atoms with Gasteiger partial charge >= 0.3 is 11.6 Å². The number of sulfone groups is 1. The number of nitrogens with one attached hydrogen (secondary N) is 3. The molecule has 1 aromatic carbocycles. The lowest BCUT2D eigenvalue weighted by atomic mass is 10.1. The highest BCUT2D eigenvalue weighted by atomic mass is 35.5. The molecule has 0 saturated carbocycles. The molecule has 186 valence electrons. The van der Waals surface area contributed by atoms with Crippen LogP contribution in [0.5, 0.6) is 0 Å². The maximum absolute atomic E-state index is 13.1. The van der Waals surface area contributed by atoms with Gasteiger partial charge in [0.25, 0.3) is 5.91 Å². The molecule has 1 atom stereocenters. The van der Waals surface area contributed by atoms with Gasteiger partial charge in [0.15, 0.2) is 15.4 Å². The summed E-state index contributed by atoms with van der Waals surface area (Å²) in [5.41, 5.74) is 4.63. The number of carbonyl (C=O) groups excluding carboxylic acids is 2. The van der Waals surface area contributed by atoms with E-state index in [1.165, 1.54) is 37.5 Å². The van der Waals surface area contributed by atoms with Crippen molar-refractivity contribution < 1.29 is 27.2 Å². The number of esters is 1. The molecule has 1 amide bonds. The summed E-state index contributed by atoms with van der Waals surface area (Å²) in [6, 6.07) is 5.48. The lowest BCUT2D eigenvalue weighted by Gasteiger charge is -2.33. The molecule has 0 spiro atoms. The minimum absolute atomic E-state index is 0.0381. The standard InChI is InChI=1S/C22H18ClN5O7S/c1-34-19(30)10-3-4-12(23)14(7-10)27-18(29)16-17-11(9-35-20(16)31)8-15-13(26-17)5-6-22(28-15,21(24)25)36(2,32)33/h3-9,28H,1-2H3,(H3,24,25)(H,27,29). The maximum Gasteiger partial charge on any atom is 0.350 e. The smallest absolute Gasteiger partial charge is 0.350 e. The molecule has 12 nitrogen and oxygen atoms in total. The highest BCUT2D eigenvalue weighted by molar-refractivity contribution is 7.93. The number of anilines is 2. The van der Waals surface area contributed by atoms with Gasteiger partial charge in [-0.1, -0.05) is 11.6 Å². The highest BCUT2D eigenvalue weighted by Crippen LogP contribution is 2.33. The number of pyridine rings is 1. The van der Waals surface area contributed by atoms with Crippen molar-refractivity contribution in [3.05, 3.63) is 68.9 Å². The maximum atomic E-state index is 13.1. The number of hydrogen-bond acceptors (Lipinski definition) is 10. The fraction of sp³-hybridized carbons (Fsp3) is 0.136. The summed E-state index contributed by atoms with van der Waals surface area (Å²) in [4.78, 5) is 39.8. The number of amidine groups is 1. The molecule has 1 unspecified atom stereocenters. The van der Waals surface area contributed by atoms with Crippen molar-refractivity contribution in [2.75, 3.05) is 24.0 Å². The van der Waals surface area contributed by atoms with Crippen LogP contribution < -0.4 is 22.0 Å². The number of nitrogens with two attached hydrogens (primary N) is 1. The Morgan fingerprint density at radius 3 is 2.67 bits per heavy atom. The van der Waals surface area contributed by atoms with Crippen molar-refractivity contribution in [1.82, 2.24) is 4.98 Å². The summed E-state index contributed by atoms with van der Waals surface area (Å²) in [6.07, 6.45) is 4.46. The first kappa shape index (κ1) is 24.9. The molecule has 1 aliphatic heterocycles. The summed E-state index contributed by atoms with van der Waals surface area (Å²) in [5, 5.41) is 13.3. The minimum atomic E-state index is -3.92. The second-order valence-corrected chi connectivity index (χ2v) is 10.4. The Hall–Kier alpha value is -4.23. The van der Waals surface area contributed by atoms with Crippen LogP contribution in [-0.2, 0) is 14.6 Å². The molecule has 3 aromatic rings. The molecule has 2 aromatic heterocycles. The van der Waals surface area contributed by atoms with Crippen LogP contribution in [0.15, 0.2) is 45.8 Å². The summed E-state index contributed by atoms with van der Waals surface area (Å²) in [6.45, 7) is 0. The average Bonchev–Trinajstić information content (AvgIpc) is 2.82. The number of fused-ring (bicyclic) bond motifs is 2. The van der Waals surface area contributed by atoms with Crippen molar-refractivity contribution in [2.24, 2.45) is 5.73 Å². The summed E-state index contributed by atoms with van der Waals surface area (Å²) < 4.78 is 34.4. The zero-order valence-corrected chi connectivity index (χ0v) is 20.3. The molecule has 0 saturated heterocycles. The van der Waals surface area contributed by atoms with Crippen LogP contribution in [0.4, 0.5) is 11.4 Å². The predicted octanol–water partition coefficient (Wildman–Crippen LogP) is 2.00. The van der Waals surface area contributed by atoms with Crippen LogP contribution >= 0.6 is 11.6 Å². The molecule has 0 fully saturated rings. The SMILES string of the molecule is COC(=O)c1ccc(Cl)c(NC(=O)c2c(=O)occ3cc4c(nc23)C=CC(C(=N)N)(S(C)(=O)=O)N4)c1. The fourth-order valence-corrected chi connectivity index (χ4v) is 4.77. The van der Waals surface area contributed by atoms with Crippen molar-refractivity contribution in [3.63, 3.8) is 0 Å². The third-order valence-corrected chi connectivity index (χ3v) is 7.42. The lowest BCUT2D eigenvalue weighted by molar-refractivity contribution is 0.0600. The number of benzene rings is 1. The Morgan fingerprint density at radius 2 is 2.03 bits per heavy atom. The monoisotopic (exact) mass is 531 g/mol. The van der Waals surface area contributed by atoms with Crippen LogP contribution in [0, 0.1) is 5.41 Å². The van der Waals surface area contributed by atoms with Crippen LogP contribution in [0.2, 0.25) is 5.02 Å². The second-order valence-electron chi connectivity index (χ2n) is 7.78. The van der Waals surface area contributed by atoms with Crippen LogP contribution in [0.3, 0.4) is 0 Å². The molecule has 0 radical (unpaired) electrons. The molecule has 4 rings (SSSR count). The van der Waals surface area contributed by atoms with E-state index in [0.29, 0.717) is 0 Å². The van der Waals surface area contributed by atoms with E-state index in [1.807, 2.05) is 0 Å². The molecule has 5 N–H and O–H groups in total. The van der Waals surface area contributed by atoms with E-state index in [0.717, 1.165) is 18.6 Å². The molecule has 1 aliphatic rings. The van der Waals surface area contributed by atoms with Crippen molar-refractivity contribution >= 4 is 67.5 Å². The number of hydrogen-bond donors (Lipinski definition) is 4. The minimum Gasteiger partial charge on any atom is -0.465 e. The van der Waals surface area contributed by atoms with Gasteiger partial charge in [-0.05, 0) is 36.4 Å². The zero-order valence-electron chi connectivity index (χ0n) is 18.7. The van der Waals surface area contributed by atoms with E-state index in [1.54, 1.807) is 0 Å². The third-order valence-electron chi connectivity index (χ3n) is 5.46. The van der Waals surface area contributed by atoms with Gasteiger partial charge in [-0.25, -0.2) is 23.0 Å². The zero-order chi connectivity index (χ0) is 26.4. The number of carbonyl (C=O) groups is 2. The Bertz CT molecular complexity index is 1670. The lowest BCUT2D eigenvalue weighted by Crippen LogP contribution is -2.55. The Balaban J connectivity index is 1.80. The van der Waals surface area contributed by atoms with Gasteiger partial charge in [-0.15, -0.1) is 0 Å². The van der Waals surface area contributed by atoms with Gasteiger partial charge in [-0.2, -0.15) is 0 Å². The number of rotatable bonds is 5. The van der Waals surface area contributed by atoms with Crippen LogP contribution in [0.1, 0.15) is 26.4 Å². The Kier molecular flexibility index (Phi) is 6.06. The normalized spacial score (nSPS) is 16.6. The molecular weight excluding hydrogens is 514 g/mol. The number of aromatic nitrogens is 1. The Morgan fingerprint density at radius 1 is 1.31 bits per heavy atom. The van der Waals surface area contributed by atoms with Gasteiger partial charge in [0.05, 0.1) is 40.3 Å².